The molecule has 0 aromatic heterocycles. The van der Waals surface area contributed by atoms with Gasteiger partial charge in [-0.2, -0.15) is 0 Å². The first-order valence-electron chi connectivity index (χ1n) is 6.09. The quantitative estimate of drug-likeness (QED) is 0.881. The fraction of sp³-hybridized carbons (Fsp3) is 0.538. The maximum Gasteiger partial charge on any atom is 0.124 e. The number of aliphatic hydroxyl groups is 1. The minimum absolute atomic E-state index is 0.102. The Hall–Kier alpha value is -0.580. The lowest BCUT2D eigenvalue weighted by Crippen LogP contribution is -2.46. The number of rotatable bonds is 2. The van der Waals surface area contributed by atoms with Crippen molar-refractivity contribution in [2.24, 2.45) is 0 Å². The van der Waals surface area contributed by atoms with Crippen LogP contribution in [0.5, 0.6) is 5.75 Å². The van der Waals surface area contributed by atoms with Crippen LogP contribution >= 0.6 is 15.9 Å². The first-order valence-corrected chi connectivity index (χ1v) is 6.88. The van der Waals surface area contributed by atoms with Gasteiger partial charge in [-0.15, -0.1) is 0 Å². The first kappa shape index (κ1) is 11.5. The monoisotopic (exact) mass is 297 g/mol. The summed E-state index contributed by atoms with van der Waals surface area (Å²) >= 11 is 3.50. The number of nitrogens with one attached hydrogen (secondary N) is 1. The molecular formula is C13H16BrNO2. The lowest BCUT2D eigenvalue weighted by Gasteiger charge is -2.37. The largest absolute Gasteiger partial charge is 0.493 e. The third-order valence-corrected chi connectivity index (χ3v) is 4.05. The molecule has 1 aromatic carbocycles. The van der Waals surface area contributed by atoms with Gasteiger partial charge in [0.2, 0.25) is 0 Å². The smallest absolute Gasteiger partial charge is 0.124 e. The Morgan fingerprint density at radius 2 is 2.18 bits per heavy atom. The molecule has 17 heavy (non-hydrogen) atoms. The average Bonchev–Trinajstić information content (AvgIpc) is 2.28. The molecule has 0 spiro atoms. The summed E-state index contributed by atoms with van der Waals surface area (Å²) in [5, 5.41) is 12.9. The number of hydrogen-bond donors (Lipinski definition) is 2. The van der Waals surface area contributed by atoms with Gasteiger partial charge in [0.1, 0.15) is 5.75 Å². The van der Waals surface area contributed by atoms with Crippen molar-refractivity contribution in [3.05, 3.63) is 28.2 Å². The van der Waals surface area contributed by atoms with Crippen LogP contribution in [0.25, 0.3) is 0 Å². The van der Waals surface area contributed by atoms with E-state index in [0.29, 0.717) is 12.1 Å². The summed E-state index contributed by atoms with van der Waals surface area (Å²) in [5.74, 6) is 0.983. The molecule has 1 saturated carbocycles. The van der Waals surface area contributed by atoms with E-state index in [2.05, 4.69) is 27.3 Å². The predicted octanol–water partition coefficient (Wildman–Crippen LogP) is 2.39. The fourth-order valence-corrected chi connectivity index (χ4v) is 2.93. The fourth-order valence-electron chi connectivity index (χ4n) is 2.55. The van der Waals surface area contributed by atoms with Crippen LogP contribution in [0.3, 0.4) is 0 Å². The molecule has 1 heterocycles. The predicted molar refractivity (Wildman–Crippen MR) is 69.2 cm³/mol. The van der Waals surface area contributed by atoms with Gasteiger partial charge in [0.05, 0.1) is 12.7 Å². The van der Waals surface area contributed by atoms with Gasteiger partial charge in [-0.3, -0.25) is 0 Å². The van der Waals surface area contributed by atoms with E-state index in [0.717, 1.165) is 36.1 Å². The summed E-state index contributed by atoms with van der Waals surface area (Å²) in [6, 6.07) is 6.96. The molecule has 92 valence electrons. The molecular weight excluding hydrogens is 282 g/mol. The molecule has 4 heteroatoms. The van der Waals surface area contributed by atoms with E-state index in [9.17, 15) is 5.11 Å². The number of aliphatic hydroxyl groups excluding tert-OH is 1. The zero-order valence-electron chi connectivity index (χ0n) is 9.53. The van der Waals surface area contributed by atoms with Crippen molar-refractivity contribution in [1.82, 2.24) is 5.32 Å². The number of ether oxygens (including phenoxy) is 1. The molecule has 1 unspecified atom stereocenters. The van der Waals surface area contributed by atoms with Crippen LogP contribution in [-0.4, -0.2) is 23.9 Å². The van der Waals surface area contributed by atoms with Gasteiger partial charge in [-0.1, -0.05) is 15.9 Å². The Bertz CT molecular complexity index is 418. The van der Waals surface area contributed by atoms with Crippen molar-refractivity contribution < 1.29 is 9.84 Å². The normalized spacial score (nSPS) is 31.3. The van der Waals surface area contributed by atoms with Crippen molar-refractivity contribution in [2.45, 2.75) is 37.5 Å². The number of benzene rings is 1. The molecule has 1 aromatic rings. The molecule has 2 aliphatic rings. The van der Waals surface area contributed by atoms with E-state index in [-0.39, 0.29) is 6.10 Å². The standard InChI is InChI=1S/C13H16BrNO2/c14-8-1-2-13-11(5-8)12(3-4-17-13)15-9-6-10(16)7-9/h1-2,5,9-10,12,15-16H,3-4,6-7H2. The lowest BCUT2D eigenvalue weighted by molar-refractivity contribution is 0.0548. The second kappa shape index (κ2) is 4.59. The summed E-state index contributed by atoms with van der Waals surface area (Å²) in [5.41, 5.74) is 1.23. The van der Waals surface area contributed by atoms with Gasteiger partial charge < -0.3 is 15.2 Å². The van der Waals surface area contributed by atoms with Crippen molar-refractivity contribution in [3.63, 3.8) is 0 Å². The van der Waals surface area contributed by atoms with Crippen molar-refractivity contribution in [3.8, 4) is 5.75 Å². The maximum atomic E-state index is 9.32. The highest BCUT2D eigenvalue weighted by atomic mass is 79.9. The highest BCUT2D eigenvalue weighted by Crippen LogP contribution is 2.35. The van der Waals surface area contributed by atoms with E-state index >= 15 is 0 Å². The molecule has 1 atom stereocenters. The molecule has 1 aliphatic heterocycles. The molecule has 0 bridgehead atoms. The third kappa shape index (κ3) is 2.34. The topological polar surface area (TPSA) is 41.5 Å². The molecule has 2 N–H and O–H groups in total. The summed E-state index contributed by atoms with van der Waals surface area (Å²) in [7, 11) is 0. The van der Waals surface area contributed by atoms with Crippen LogP contribution in [0.4, 0.5) is 0 Å². The Morgan fingerprint density at radius 3 is 2.94 bits per heavy atom. The second-order valence-electron chi connectivity index (χ2n) is 4.86. The zero-order chi connectivity index (χ0) is 11.8. The highest BCUT2D eigenvalue weighted by Gasteiger charge is 2.31. The van der Waals surface area contributed by atoms with Crippen molar-refractivity contribution >= 4 is 15.9 Å². The van der Waals surface area contributed by atoms with Crippen molar-refractivity contribution in [1.29, 1.82) is 0 Å². The number of hydrogen-bond acceptors (Lipinski definition) is 3. The van der Waals surface area contributed by atoms with Gasteiger partial charge in [0.15, 0.2) is 0 Å². The van der Waals surface area contributed by atoms with Crippen LogP contribution in [0, 0.1) is 0 Å². The van der Waals surface area contributed by atoms with Gasteiger partial charge >= 0.3 is 0 Å². The molecule has 1 aliphatic carbocycles. The zero-order valence-corrected chi connectivity index (χ0v) is 11.1. The Balaban J connectivity index is 1.76. The minimum atomic E-state index is -0.102. The Kier molecular flexibility index (Phi) is 3.11. The van der Waals surface area contributed by atoms with Crippen molar-refractivity contribution in [2.75, 3.05) is 6.61 Å². The van der Waals surface area contributed by atoms with E-state index in [1.807, 2.05) is 12.1 Å². The second-order valence-corrected chi connectivity index (χ2v) is 5.78. The summed E-state index contributed by atoms with van der Waals surface area (Å²) in [4.78, 5) is 0. The average molecular weight is 298 g/mol. The van der Waals surface area contributed by atoms with Crippen LogP contribution < -0.4 is 10.1 Å². The van der Waals surface area contributed by atoms with Gasteiger partial charge in [0, 0.05) is 28.5 Å². The summed E-state index contributed by atoms with van der Waals surface area (Å²) in [6.07, 6.45) is 2.64. The van der Waals surface area contributed by atoms with Crippen LogP contribution in [0.2, 0.25) is 0 Å². The molecule has 0 saturated heterocycles. The molecule has 0 amide bonds. The summed E-state index contributed by atoms with van der Waals surface area (Å²) < 4.78 is 6.74. The molecule has 3 nitrogen and oxygen atoms in total. The van der Waals surface area contributed by atoms with E-state index < -0.39 is 0 Å². The van der Waals surface area contributed by atoms with E-state index in [1.165, 1.54) is 5.56 Å². The number of halogens is 1. The maximum absolute atomic E-state index is 9.32. The van der Waals surface area contributed by atoms with E-state index in [4.69, 9.17) is 4.74 Å². The Morgan fingerprint density at radius 1 is 1.35 bits per heavy atom. The van der Waals surface area contributed by atoms with Crippen LogP contribution in [-0.2, 0) is 0 Å². The Labute approximate surface area is 109 Å². The van der Waals surface area contributed by atoms with E-state index in [1.54, 1.807) is 0 Å². The molecule has 0 radical (unpaired) electrons. The molecule has 3 rings (SSSR count). The van der Waals surface area contributed by atoms with Crippen LogP contribution in [0.1, 0.15) is 30.9 Å². The SMILES string of the molecule is OC1CC(NC2CCOc3ccc(Br)cc32)C1. The first-order chi connectivity index (χ1) is 8.22. The number of fused-ring (bicyclic) bond motifs is 1. The highest BCUT2D eigenvalue weighted by molar-refractivity contribution is 9.10. The van der Waals surface area contributed by atoms with Gasteiger partial charge in [-0.05, 0) is 31.0 Å². The molecule has 1 fully saturated rings. The third-order valence-electron chi connectivity index (χ3n) is 3.56. The summed E-state index contributed by atoms with van der Waals surface area (Å²) in [6.45, 7) is 0.765. The van der Waals surface area contributed by atoms with Crippen LogP contribution in [0.15, 0.2) is 22.7 Å². The van der Waals surface area contributed by atoms with Gasteiger partial charge in [-0.25, -0.2) is 0 Å². The minimum Gasteiger partial charge on any atom is -0.493 e. The van der Waals surface area contributed by atoms with Gasteiger partial charge in [0.25, 0.3) is 0 Å². The lowest BCUT2D eigenvalue weighted by atomic mass is 9.87.